The SMILES string of the molecule is COc1ccc(S(=O)(=O)Nc2cccc(F)c2)cc1-c1ccc2c(c1)c(N)nn2C(C)=O. The number of nitrogens with two attached hydrogens (primary N) is 1. The summed E-state index contributed by atoms with van der Waals surface area (Å²) in [4.78, 5) is 11.7. The van der Waals surface area contributed by atoms with E-state index >= 15 is 0 Å². The lowest BCUT2D eigenvalue weighted by molar-refractivity contribution is 0.0927. The van der Waals surface area contributed by atoms with Crippen LogP contribution in [-0.4, -0.2) is 31.2 Å². The lowest BCUT2D eigenvalue weighted by Gasteiger charge is -2.13. The number of methoxy groups -OCH3 is 1. The van der Waals surface area contributed by atoms with E-state index in [2.05, 4.69) is 9.82 Å². The van der Waals surface area contributed by atoms with E-state index in [0.717, 1.165) is 6.07 Å². The van der Waals surface area contributed by atoms with Crippen LogP contribution in [0.5, 0.6) is 5.75 Å². The summed E-state index contributed by atoms with van der Waals surface area (Å²) in [6, 6.07) is 14.7. The van der Waals surface area contributed by atoms with Crippen molar-refractivity contribution in [3.05, 3.63) is 66.5 Å². The molecule has 0 atom stereocenters. The Bertz CT molecular complexity index is 1460. The van der Waals surface area contributed by atoms with E-state index in [9.17, 15) is 17.6 Å². The van der Waals surface area contributed by atoms with Crippen LogP contribution in [0.2, 0.25) is 0 Å². The minimum Gasteiger partial charge on any atom is -0.496 e. The van der Waals surface area contributed by atoms with Crippen molar-refractivity contribution in [2.45, 2.75) is 11.8 Å². The zero-order valence-corrected chi connectivity index (χ0v) is 18.0. The van der Waals surface area contributed by atoms with Crippen molar-refractivity contribution >= 4 is 38.3 Å². The predicted octanol–water partition coefficient (Wildman–Crippen LogP) is 3.89. The number of halogens is 1. The van der Waals surface area contributed by atoms with E-state index in [1.807, 2.05) is 0 Å². The van der Waals surface area contributed by atoms with E-state index in [1.54, 1.807) is 18.2 Å². The van der Waals surface area contributed by atoms with E-state index in [4.69, 9.17) is 10.5 Å². The second-order valence-electron chi connectivity index (χ2n) is 7.03. The maximum atomic E-state index is 13.5. The fraction of sp³-hybridized carbons (Fsp3) is 0.0909. The standard InChI is InChI=1S/C22H19FN4O4S/c1-13(28)27-20-8-6-14(10-19(20)22(24)25-27)18-12-17(7-9-21(18)31-2)32(29,30)26-16-5-3-4-15(23)11-16/h3-12,26H,1-2H3,(H2,24,25). The third-order valence-corrected chi connectivity index (χ3v) is 6.25. The molecule has 0 unspecified atom stereocenters. The first-order valence-electron chi connectivity index (χ1n) is 9.45. The first-order valence-corrected chi connectivity index (χ1v) is 10.9. The second kappa shape index (κ2) is 7.97. The molecule has 0 amide bonds. The van der Waals surface area contributed by atoms with Crippen molar-refractivity contribution in [3.8, 4) is 16.9 Å². The molecule has 10 heteroatoms. The summed E-state index contributed by atoms with van der Waals surface area (Å²) in [7, 11) is -2.53. The van der Waals surface area contributed by atoms with Gasteiger partial charge in [0.15, 0.2) is 5.82 Å². The Balaban J connectivity index is 1.80. The summed E-state index contributed by atoms with van der Waals surface area (Å²) >= 11 is 0. The predicted molar refractivity (Wildman–Crippen MR) is 120 cm³/mol. The number of fused-ring (bicyclic) bond motifs is 1. The molecule has 4 aromatic rings. The van der Waals surface area contributed by atoms with Crippen molar-refractivity contribution in [1.82, 2.24) is 9.78 Å². The number of nitrogens with zero attached hydrogens (tertiary/aromatic N) is 2. The lowest BCUT2D eigenvalue weighted by Crippen LogP contribution is -2.13. The topological polar surface area (TPSA) is 116 Å². The lowest BCUT2D eigenvalue weighted by atomic mass is 10.0. The smallest absolute Gasteiger partial charge is 0.261 e. The molecule has 0 saturated heterocycles. The molecule has 0 aliphatic heterocycles. The molecule has 0 spiro atoms. The van der Waals surface area contributed by atoms with Gasteiger partial charge in [0.2, 0.25) is 5.91 Å². The minimum absolute atomic E-state index is 0.0370. The van der Waals surface area contributed by atoms with Gasteiger partial charge in [0.25, 0.3) is 10.0 Å². The number of nitrogen functional groups attached to an aromatic ring is 1. The van der Waals surface area contributed by atoms with Gasteiger partial charge in [0.1, 0.15) is 11.6 Å². The zero-order valence-electron chi connectivity index (χ0n) is 17.2. The van der Waals surface area contributed by atoms with Gasteiger partial charge in [-0.15, -0.1) is 5.10 Å². The van der Waals surface area contributed by atoms with Gasteiger partial charge in [0, 0.05) is 17.9 Å². The van der Waals surface area contributed by atoms with Crippen molar-refractivity contribution in [2.75, 3.05) is 17.6 Å². The maximum absolute atomic E-state index is 13.5. The summed E-state index contributed by atoms with van der Waals surface area (Å²) < 4.78 is 48.2. The van der Waals surface area contributed by atoms with E-state index in [1.165, 1.54) is 55.1 Å². The Kier molecular flexibility index (Phi) is 5.31. The maximum Gasteiger partial charge on any atom is 0.261 e. The second-order valence-corrected chi connectivity index (χ2v) is 8.71. The van der Waals surface area contributed by atoms with Gasteiger partial charge in [-0.1, -0.05) is 12.1 Å². The van der Waals surface area contributed by atoms with Gasteiger partial charge >= 0.3 is 0 Å². The van der Waals surface area contributed by atoms with Gasteiger partial charge in [-0.2, -0.15) is 4.68 Å². The van der Waals surface area contributed by atoms with E-state index < -0.39 is 15.8 Å². The zero-order chi connectivity index (χ0) is 23.0. The number of hydrogen-bond donors (Lipinski definition) is 2. The molecule has 3 N–H and O–H groups in total. The Labute approximate surface area is 183 Å². The van der Waals surface area contributed by atoms with Crippen LogP contribution in [0.4, 0.5) is 15.9 Å². The molecule has 32 heavy (non-hydrogen) atoms. The van der Waals surface area contributed by atoms with Crippen LogP contribution >= 0.6 is 0 Å². The van der Waals surface area contributed by atoms with Crippen molar-refractivity contribution < 1.29 is 22.3 Å². The van der Waals surface area contributed by atoms with Gasteiger partial charge < -0.3 is 10.5 Å². The van der Waals surface area contributed by atoms with E-state index in [0.29, 0.717) is 27.8 Å². The molecule has 4 rings (SSSR count). The summed E-state index contributed by atoms with van der Waals surface area (Å²) in [6.07, 6.45) is 0. The number of hydrogen-bond acceptors (Lipinski definition) is 6. The number of benzene rings is 3. The molecular weight excluding hydrogens is 435 g/mol. The molecule has 1 heterocycles. The fourth-order valence-corrected chi connectivity index (χ4v) is 4.47. The van der Waals surface area contributed by atoms with Crippen LogP contribution in [0.15, 0.2) is 65.6 Å². The van der Waals surface area contributed by atoms with Gasteiger partial charge in [-0.25, -0.2) is 12.8 Å². The number of rotatable bonds is 5. The Morgan fingerprint density at radius 2 is 1.91 bits per heavy atom. The highest BCUT2D eigenvalue weighted by atomic mass is 32.2. The van der Waals surface area contributed by atoms with Gasteiger partial charge in [0.05, 0.1) is 23.2 Å². The number of carbonyl (C=O) groups excluding carboxylic acids is 1. The number of carbonyl (C=O) groups is 1. The molecule has 0 saturated carbocycles. The molecule has 0 bridgehead atoms. The molecule has 0 radical (unpaired) electrons. The Hall–Kier alpha value is -3.92. The molecule has 164 valence electrons. The summed E-state index contributed by atoms with van der Waals surface area (Å²) in [5.41, 5.74) is 7.73. The number of nitrogens with one attached hydrogen (secondary N) is 1. The van der Waals surface area contributed by atoms with Crippen molar-refractivity contribution in [2.24, 2.45) is 0 Å². The fourth-order valence-electron chi connectivity index (χ4n) is 3.39. The number of aromatic nitrogens is 2. The highest BCUT2D eigenvalue weighted by Gasteiger charge is 2.19. The molecule has 0 aliphatic carbocycles. The molecular formula is C22H19FN4O4S. The summed E-state index contributed by atoms with van der Waals surface area (Å²) in [6.45, 7) is 1.38. The van der Waals surface area contributed by atoms with Crippen LogP contribution < -0.4 is 15.2 Å². The minimum atomic E-state index is -4.00. The normalized spacial score (nSPS) is 11.5. The first kappa shape index (κ1) is 21.3. The largest absolute Gasteiger partial charge is 0.496 e. The van der Waals surface area contributed by atoms with Crippen LogP contribution in [0.1, 0.15) is 11.7 Å². The summed E-state index contributed by atoms with van der Waals surface area (Å²) in [5.74, 6) is -0.231. The third-order valence-electron chi connectivity index (χ3n) is 4.88. The highest BCUT2D eigenvalue weighted by Crippen LogP contribution is 2.35. The molecule has 0 aliphatic rings. The average Bonchev–Trinajstić information content (AvgIpc) is 3.09. The first-order chi connectivity index (χ1) is 15.2. The van der Waals surface area contributed by atoms with Crippen molar-refractivity contribution in [3.63, 3.8) is 0 Å². The van der Waals surface area contributed by atoms with Crippen LogP contribution in [0.3, 0.4) is 0 Å². The quantitative estimate of drug-likeness (QED) is 0.473. The third kappa shape index (κ3) is 3.87. The molecule has 0 fully saturated rings. The number of anilines is 2. The van der Waals surface area contributed by atoms with Crippen LogP contribution in [0.25, 0.3) is 22.0 Å². The Morgan fingerprint density at radius 3 is 2.59 bits per heavy atom. The van der Waals surface area contributed by atoms with Crippen LogP contribution in [-0.2, 0) is 10.0 Å². The van der Waals surface area contributed by atoms with Crippen LogP contribution in [0, 0.1) is 5.82 Å². The monoisotopic (exact) mass is 454 g/mol. The number of sulfonamides is 1. The van der Waals surface area contributed by atoms with Gasteiger partial charge in [-0.05, 0) is 54.1 Å². The molecule has 1 aromatic heterocycles. The van der Waals surface area contributed by atoms with E-state index in [-0.39, 0.29) is 22.3 Å². The molecule has 8 nitrogen and oxygen atoms in total. The average molecular weight is 454 g/mol. The van der Waals surface area contributed by atoms with Gasteiger partial charge in [-0.3, -0.25) is 9.52 Å². The molecule has 3 aromatic carbocycles. The summed E-state index contributed by atoms with van der Waals surface area (Å²) in [5, 5.41) is 4.60. The highest BCUT2D eigenvalue weighted by molar-refractivity contribution is 7.92. The Morgan fingerprint density at radius 1 is 1.12 bits per heavy atom. The number of ether oxygens (including phenoxy) is 1. The van der Waals surface area contributed by atoms with Crippen molar-refractivity contribution in [1.29, 1.82) is 0 Å².